The van der Waals surface area contributed by atoms with Gasteiger partial charge in [-0.2, -0.15) is 0 Å². The molecule has 0 spiro atoms. The van der Waals surface area contributed by atoms with Crippen molar-refractivity contribution in [3.05, 3.63) is 41.2 Å². The van der Waals surface area contributed by atoms with E-state index < -0.39 is 11.9 Å². The number of carbonyl (C=O) groups is 3. The minimum absolute atomic E-state index is 0.161. The summed E-state index contributed by atoms with van der Waals surface area (Å²) in [5.41, 5.74) is 0. The highest BCUT2D eigenvalue weighted by Crippen LogP contribution is 2.24. The second-order valence-corrected chi connectivity index (χ2v) is 7.73. The average molecular weight is 404 g/mol. The molecule has 0 bridgehead atoms. The number of anilines is 1. The highest BCUT2D eigenvalue weighted by Gasteiger charge is 2.25. The van der Waals surface area contributed by atoms with Crippen LogP contribution >= 0.6 is 11.3 Å². The Morgan fingerprint density at radius 3 is 2.68 bits per heavy atom. The van der Waals surface area contributed by atoms with Crippen LogP contribution in [0, 0.1) is 0 Å². The van der Waals surface area contributed by atoms with E-state index in [0.29, 0.717) is 16.4 Å². The lowest BCUT2D eigenvalue weighted by molar-refractivity contribution is -0.137. The fourth-order valence-electron chi connectivity index (χ4n) is 3.41. The normalized spacial score (nSPS) is 14.5. The Balaban J connectivity index is 1.51. The molecule has 28 heavy (non-hydrogen) atoms. The summed E-state index contributed by atoms with van der Waals surface area (Å²) in [6, 6.07) is 6.60. The first kappa shape index (κ1) is 20.1. The first-order valence-electron chi connectivity index (χ1n) is 9.49. The van der Waals surface area contributed by atoms with Crippen LogP contribution in [0.5, 0.6) is 0 Å². The molecule has 0 radical (unpaired) electrons. The van der Waals surface area contributed by atoms with Crippen LogP contribution in [-0.4, -0.2) is 41.9 Å². The highest BCUT2D eigenvalue weighted by molar-refractivity contribution is 7.18. The van der Waals surface area contributed by atoms with Gasteiger partial charge in [-0.05, 0) is 44.0 Å². The maximum absolute atomic E-state index is 12.5. The Morgan fingerprint density at radius 1 is 1.21 bits per heavy atom. The molecule has 1 fully saturated rings. The van der Waals surface area contributed by atoms with Crippen molar-refractivity contribution in [1.82, 2.24) is 4.90 Å². The Hall–Kier alpha value is -2.61. The minimum Gasteiger partial charge on any atom is -0.459 e. The molecule has 0 aromatic carbocycles. The van der Waals surface area contributed by atoms with Crippen LogP contribution in [0.15, 0.2) is 34.9 Å². The molecule has 0 saturated heterocycles. The van der Waals surface area contributed by atoms with Crippen molar-refractivity contribution in [2.24, 2.45) is 0 Å². The van der Waals surface area contributed by atoms with Crippen LogP contribution in [0.3, 0.4) is 0 Å². The molecule has 1 N–H and O–H groups in total. The fraction of sp³-hybridized carbons (Fsp3) is 0.450. The number of thiophene rings is 1. The lowest BCUT2D eigenvalue weighted by atomic mass is 9.94. The standard InChI is InChI=1S/C20H24N2O5S/c1-2-22(14-7-4-3-5-8-14)18(23)13-27-20(25)16-10-11-17(28-16)21-19(24)15-9-6-12-26-15/h6,9-12,14H,2-5,7-8,13H2,1H3,(H,21,24). The smallest absolute Gasteiger partial charge is 0.348 e. The molecular formula is C20H24N2O5S. The van der Waals surface area contributed by atoms with Gasteiger partial charge in [0, 0.05) is 12.6 Å². The summed E-state index contributed by atoms with van der Waals surface area (Å²) in [7, 11) is 0. The number of likely N-dealkylation sites (N-methyl/N-ethyl adjacent to an activating group) is 1. The zero-order valence-corrected chi connectivity index (χ0v) is 16.6. The number of nitrogens with one attached hydrogen (secondary N) is 1. The molecule has 1 aliphatic carbocycles. The van der Waals surface area contributed by atoms with Crippen molar-refractivity contribution in [1.29, 1.82) is 0 Å². The van der Waals surface area contributed by atoms with Gasteiger partial charge in [0.15, 0.2) is 12.4 Å². The van der Waals surface area contributed by atoms with Crippen molar-refractivity contribution in [2.45, 2.75) is 45.1 Å². The third-order valence-electron chi connectivity index (χ3n) is 4.79. The SMILES string of the molecule is CCN(C(=O)COC(=O)c1ccc(NC(=O)c2ccco2)s1)C1CCCCC1. The minimum atomic E-state index is -0.573. The van der Waals surface area contributed by atoms with E-state index >= 15 is 0 Å². The molecule has 2 aromatic rings. The Labute approximate surface area is 167 Å². The maximum atomic E-state index is 12.5. The van der Waals surface area contributed by atoms with E-state index in [0.717, 1.165) is 37.0 Å². The number of rotatable bonds is 7. The van der Waals surface area contributed by atoms with Crippen molar-refractivity contribution in [3.63, 3.8) is 0 Å². The number of carbonyl (C=O) groups excluding carboxylic acids is 3. The molecule has 1 saturated carbocycles. The molecule has 0 aliphatic heterocycles. The van der Waals surface area contributed by atoms with Crippen LogP contribution < -0.4 is 5.32 Å². The molecule has 2 heterocycles. The monoisotopic (exact) mass is 404 g/mol. The Morgan fingerprint density at radius 2 is 2.00 bits per heavy atom. The van der Waals surface area contributed by atoms with E-state index in [2.05, 4.69) is 5.32 Å². The van der Waals surface area contributed by atoms with Crippen LogP contribution in [0.2, 0.25) is 0 Å². The van der Waals surface area contributed by atoms with Crippen LogP contribution in [0.4, 0.5) is 5.00 Å². The van der Waals surface area contributed by atoms with Gasteiger partial charge in [0.1, 0.15) is 4.88 Å². The molecule has 150 valence electrons. The molecule has 8 heteroatoms. The van der Waals surface area contributed by atoms with Gasteiger partial charge in [-0.1, -0.05) is 19.3 Å². The first-order valence-corrected chi connectivity index (χ1v) is 10.3. The largest absolute Gasteiger partial charge is 0.459 e. The van der Waals surface area contributed by atoms with Gasteiger partial charge in [-0.3, -0.25) is 9.59 Å². The topological polar surface area (TPSA) is 88.9 Å². The number of ether oxygens (including phenoxy) is 1. The van der Waals surface area contributed by atoms with Gasteiger partial charge in [0.2, 0.25) is 0 Å². The predicted molar refractivity (Wildman–Crippen MR) is 106 cm³/mol. The van der Waals surface area contributed by atoms with E-state index in [4.69, 9.17) is 9.15 Å². The molecule has 2 amide bonds. The number of hydrogen-bond donors (Lipinski definition) is 1. The van der Waals surface area contributed by atoms with E-state index in [-0.39, 0.29) is 24.3 Å². The summed E-state index contributed by atoms with van der Waals surface area (Å²) in [6.45, 7) is 2.29. The molecule has 2 aromatic heterocycles. The number of amides is 2. The zero-order chi connectivity index (χ0) is 19.9. The quantitative estimate of drug-likeness (QED) is 0.706. The lowest BCUT2D eigenvalue weighted by Crippen LogP contribution is -2.43. The molecule has 3 rings (SSSR count). The second kappa shape index (κ2) is 9.54. The van der Waals surface area contributed by atoms with Crippen LogP contribution in [-0.2, 0) is 9.53 Å². The van der Waals surface area contributed by atoms with Gasteiger partial charge in [-0.25, -0.2) is 4.79 Å². The Bertz CT molecular complexity index is 808. The predicted octanol–water partition coefficient (Wildman–Crippen LogP) is 3.93. The molecule has 0 atom stereocenters. The van der Waals surface area contributed by atoms with Crippen LogP contribution in [0.1, 0.15) is 59.3 Å². The summed E-state index contributed by atoms with van der Waals surface area (Å²) in [6.07, 6.45) is 6.92. The van der Waals surface area contributed by atoms with Gasteiger partial charge in [0.25, 0.3) is 11.8 Å². The summed E-state index contributed by atoms with van der Waals surface area (Å²) in [5.74, 6) is -0.944. The van der Waals surface area contributed by atoms with E-state index in [1.807, 2.05) is 11.8 Å². The van der Waals surface area contributed by atoms with Crippen LogP contribution in [0.25, 0.3) is 0 Å². The highest BCUT2D eigenvalue weighted by atomic mass is 32.1. The Kier molecular flexibility index (Phi) is 6.86. The number of furan rings is 1. The summed E-state index contributed by atoms with van der Waals surface area (Å²) >= 11 is 1.09. The van der Waals surface area contributed by atoms with Crippen molar-refractivity contribution in [2.75, 3.05) is 18.5 Å². The third kappa shape index (κ3) is 5.01. The van der Waals surface area contributed by atoms with E-state index in [9.17, 15) is 14.4 Å². The van der Waals surface area contributed by atoms with E-state index in [1.54, 1.807) is 24.3 Å². The van der Waals surface area contributed by atoms with Gasteiger partial charge in [0.05, 0.1) is 11.3 Å². The number of nitrogens with zero attached hydrogens (tertiary/aromatic N) is 1. The molecule has 7 nitrogen and oxygen atoms in total. The van der Waals surface area contributed by atoms with Crippen molar-refractivity contribution >= 4 is 34.1 Å². The van der Waals surface area contributed by atoms with Gasteiger partial charge < -0.3 is 19.4 Å². The second-order valence-electron chi connectivity index (χ2n) is 6.64. The van der Waals surface area contributed by atoms with Gasteiger partial charge >= 0.3 is 5.97 Å². The maximum Gasteiger partial charge on any atom is 0.348 e. The fourth-order valence-corrected chi connectivity index (χ4v) is 4.20. The molecule has 1 aliphatic rings. The lowest BCUT2D eigenvalue weighted by Gasteiger charge is -2.33. The van der Waals surface area contributed by atoms with Crippen molar-refractivity contribution in [3.8, 4) is 0 Å². The zero-order valence-electron chi connectivity index (χ0n) is 15.8. The van der Waals surface area contributed by atoms with Gasteiger partial charge in [-0.15, -0.1) is 11.3 Å². The van der Waals surface area contributed by atoms with E-state index in [1.165, 1.54) is 12.7 Å². The average Bonchev–Trinajstić information content (AvgIpc) is 3.40. The summed E-state index contributed by atoms with van der Waals surface area (Å²) in [4.78, 5) is 38.8. The number of hydrogen-bond acceptors (Lipinski definition) is 6. The first-order chi connectivity index (χ1) is 13.6. The summed E-state index contributed by atoms with van der Waals surface area (Å²) in [5, 5.41) is 3.15. The molecular weight excluding hydrogens is 380 g/mol. The van der Waals surface area contributed by atoms with Crippen molar-refractivity contribution < 1.29 is 23.5 Å². The molecule has 0 unspecified atom stereocenters. The number of esters is 1. The summed E-state index contributed by atoms with van der Waals surface area (Å²) < 4.78 is 10.2. The third-order valence-corrected chi connectivity index (χ3v) is 5.77.